The van der Waals surface area contributed by atoms with Gasteiger partial charge in [-0.05, 0) is 24.1 Å². The molecule has 0 aliphatic carbocycles. The van der Waals surface area contributed by atoms with Gasteiger partial charge in [-0.2, -0.15) is 13.2 Å². The number of aromatic nitrogens is 2. The first-order valence-corrected chi connectivity index (χ1v) is 5.17. The van der Waals surface area contributed by atoms with Crippen molar-refractivity contribution in [2.45, 2.75) is 19.1 Å². The standard InChI is InChI=1S/C12H11F3N2/c13-12(14,15)11-3-1-10(2-4-11)5-7-17-8-6-16-9-17/h1-4,6,8-9H,5,7H2. The smallest absolute Gasteiger partial charge is 0.337 e. The normalized spacial score (nSPS) is 11.7. The lowest BCUT2D eigenvalue weighted by molar-refractivity contribution is -0.137. The minimum absolute atomic E-state index is 0.608. The topological polar surface area (TPSA) is 17.8 Å². The molecule has 1 aromatic carbocycles. The molecule has 0 N–H and O–H groups in total. The first kappa shape index (κ1) is 11.7. The molecule has 0 radical (unpaired) electrons. The van der Waals surface area contributed by atoms with Gasteiger partial charge in [0, 0.05) is 18.9 Å². The number of halogens is 3. The monoisotopic (exact) mass is 240 g/mol. The van der Waals surface area contributed by atoms with Gasteiger partial charge >= 0.3 is 6.18 Å². The summed E-state index contributed by atoms with van der Waals surface area (Å²) in [6.07, 6.45) is 1.61. The second kappa shape index (κ2) is 4.61. The summed E-state index contributed by atoms with van der Waals surface area (Å²) >= 11 is 0. The highest BCUT2D eigenvalue weighted by atomic mass is 19.4. The van der Waals surface area contributed by atoms with Gasteiger partial charge < -0.3 is 4.57 Å². The third-order valence-electron chi connectivity index (χ3n) is 2.50. The van der Waals surface area contributed by atoms with Crippen LogP contribution in [0.3, 0.4) is 0 Å². The number of hydrogen-bond donors (Lipinski definition) is 0. The molecule has 0 aliphatic rings. The van der Waals surface area contributed by atoms with Crippen molar-refractivity contribution in [3.63, 3.8) is 0 Å². The van der Waals surface area contributed by atoms with E-state index in [-0.39, 0.29) is 0 Å². The second-order valence-electron chi connectivity index (χ2n) is 3.75. The van der Waals surface area contributed by atoms with E-state index in [1.165, 1.54) is 12.1 Å². The van der Waals surface area contributed by atoms with Gasteiger partial charge in [-0.15, -0.1) is 0 Å². The molecule has 0 spiro atoms. The van der Waals surface area contributed by atoms with E-state index in [1.54, 1.807) is 12.5 Å². The Bertz CT molecular complexity index is 457. The molecule has 90 valence electrons. The number of nitrogens with zero attached hydrogens (tertiary/aromatic N) is 2. The Morgan fingerprint density at radius 2 is 1.82 bits per heavy atom. The number of alkyl halides is 3. The molecule has 2 aromatic rings. The first-order chi connectivity index (χ1) is 8.05. The van der Waals surface area contributed by atoms with Crippen LogP contribution in [0.1, 0.15) is 11.1 Å². The molecule has 1 heterocycles. The highest BCUT2D eigenvalue weighted by Crippen LogP contribution is 2.29. The molecule has 2 rings (SSSR count). The van der Waals surface area contributed by atoms with Crippen molar-refractivity contribution in [3.8, 4) is 0 Å². The van der Waals surface area contributed by atoms with Crippen molar-refractivity contribution in [1.82, 2.24) is 9.55 Å². The van der Waals surface area contributed by atoms with E-state index in [0.29, 0.717) is 13.0 Å². The molecule has 0 aliphatic heterocycles. The van der Waals surface area contributed by atoms with Gasteiger partial charge in [0.1, 0.15) is 0 Å². The van der Waals surface area contributed by atoms with E-state index in [2.05, 4.69) is 4.98 Å². The Morgan fingerprint density at radius 3 is 2.35 bits per heavy atom. The summed E-state index contributed by atoms with van der Waals surface area (Å²) in [5.41, 5.74) is 0.274. The first-order valence-electron chi connectivity index (χ1n) is 5.17. The number of hydrogen-bond acceptors (Lipinski definition) is 1. The lowest BCUT2D eigenvalue weighted by Gasteiger charge is -2.07. The predicted octanol–water partition coefficient (Wildman–Crippen LogP) is 3.14. The molecular formula is C12H11F3N2. The molecule has 5 heteroatoms. The lowest BCUT2D eigenvalue weighted by atomic mass is 10.1. The van der Waals surface area contributed by atoms with Crippen molar-refractivity contribution in [3.05, 3.63) is 54.1 Å². The number of imidazole rings is 1. The zero-order chi connectivity index (χ0) is 12.3. The predicted molar refractivity (Wildman–Crippen MR) is 57.4 cm³/mol. The van der Waals surface area contributed by atoms with E-state index >= 15 is 0 Å². The Morgan fingerprint density at radius 1 is 1.12 bits per heavy atom. The van der Waals surface area contributed by atoms with Gasteiger partial charge in [0.2, 0.25) is 0 Å². The molecule has 0 atom stereocenters. The van der Waals surface area contributed by atoms with Gasteiger partial charge in [-0.3, -0.25) is 0 Å². The fourth-order valence-electron chi connectivity index (χ4n) is 1.54. The third kappa shape index (κ3) is 3.09. The Labute approximate surface area is 96.7 Å². The van der Waals surface area contributed by atoms with Crippen molar-refractivity contribution >= 4 is 0 Å². The average molecular weight is 240 g/mol. The lowest BCUT2D eigenvalue weighted by Crippen LogP contribution is -2.05. The van der Waals surface area contributed by atoms with Crippen LogP contribution in [-0.4, -0.2) is 9.55 Å². The molecule has 0 bridgehead atoms. The summed E-state index contributed by atoms with van der Waals surface area (Å²) in [5, 5.41) is 0. The van der Waals surface area contributed by atoms with E-state index in [1.807, 2.05) is 10.8 Å². The van der Waals surface area contributed by atoms with Gasteiger partial charge in [0.05, 0.1) is 11.9 Å². The molecule has 0 fully saturated rings. The van der Waals surface area contributed by atoms with Gasteiger partial charge in [0.15, 0.2) is 0 Å². The summed E-state index contributed by atoms with van der Waals surface area (Å²) in [4.78, 5) is 3.90. The van der Waals surface area contributed by atoms with Crippen LogP contribution in [0, 0.1) is 0 Å². The molecular weight excluding hydrogens is 229 g/mol. The van der Waals surface area contributed by atoms with Crippen LogP contribution >= 0.6 is 0 Å². The minimum Gasteiger partial charge on any atom is -0.337 e. The van der Waals surface area contributed by atoms with Crippen molar-refractivity contribution < 1.29 is 13.2 Å². The number of aryl methyl sites for hydroxylation is 2. The van der Waals surface area contributed by atoms with E-state index in [4.69, 9.17) is 0 Å². The molecule has 0 saturated heterocycles. The summed E-state index contributed by atoms with van der Waals surface area (Å²) in [6.45, 7) is 0.714. The van der Waals surface area contributed by atoms with Crippen LogP contribution in [0.2, 0.25) is 0 Å². The zero-order valence-electron chi connectivity index (χ0n) is 8.98. The number of rotatable bonds is 3. The van der Waals surface area contributed by atoms with Crippen LogP contribution in [0.5, 0.6) is 0 Å². The van der Waals surface area contributed by atoms with Gasteiger partial charge in [0.25, 0.3) is 0 Å². The van der Waals surface area contributed by atoms with E-state index < -0.39 is 11.7 Å². The maximum Gasteiger partial charge on any atom is 0.416 e. The van der Waals surface area contributed by atoms with E-state index in [9.17, 15) is 13.2 Å². The quantitative estimate of drug-likeness (QED) is 0.805. The Kier molecular flexibility index (Phi) is 3.17. The molecule has 17 heavy (non-hydrogen) atoms. The summed E-state index contributed by atoms with van der Waals surface area (Å²) in [6, 6.07) is 5.26. The summed E-state index contributed by atoms with van der Waals surface area (Å²) < 4.78 is 38.8. The molecule has 0 amide bonds. The van der Waals surface area contributed by atoms with Crippen molar-refractivity contribution in [2.75, 3.05) is 0 Å². The van der Waals surface area contributed by atoms with Gasteiger partial charge in [-0.25, -0.2) is 4.98 Å². The summed E-state index contributed by atoms with van der Waals surface area (Å²) in [5.74, 6) is 0. The zero-order valence-corrected chi connectivity index (χ0v) is 8.98. The fourth-order valence-corrected chi connectivity index (χ4v) is 1.54. The minimum atomic E-state index is -4.26. The van der Waals surface area contributed by atoms with Crippen LogP contribution in [0.25, 0.3) is 0 Å². The molecule has 2 nitrogen and oxygen atoms in total. The number of benzene rings is 1. The molecule has 0 unspecified atom stereocenters. The SMILES string of the molecule is FC(F)(F)c1ccc(CCn2ccnc2)cc1. The average Bonchev–Trinajstić information content (AvgIpc) is 2.78. The van der Waals surface area contributed by atoms with Crippen LogP contribution in [0.4, 0.5) is 13.2 Å². The fraction of sp³-hybridized carbons (Fsp3) is 0.250. The highest BCUT2D eigenvalue weighted by molar-refractivity contribution is 5.24. The maximum atomic E-state index is 12.3. The van der Waals surface area contributed by atoms with Gasteiger partial charge in [-0.1, -0.05) is 12.1 Å². The van der Waals surface area contributed by atoms with Crippen LogP contribution in [-0.2, 0) is 19.1 Å². The Balaban J connectivity index is 1.99. The highest BCUT2D eigenvalue weighted by Gasteiger charge is 2.29. The second-order valence-corrected chi connectivity index (χ2v) is 3.75. The van der Waals surface area contributed by atoms with Crippen molar-refractivity contribution in [2.24, 2.45) is 0 Å². The molecule has 1 aromatic heterocycles. The largest absolute Gasteiger partial charge is 0.416 e. The molecule has 0 saturated carbocycles. The summed E-state index contributed by atoms with van der Waals surface area (Å²) in [7, 11) is 0. The van der Waals surface area contributed by atoms with Crippen molar-refractivity contribution in [1.29, 1.82) is 0 Å². The van der Waals surface area contributed by atoms with E-state index in [0.717, 1.165) is 17.7 Å². The van der Waals surface area contributed by atoms with Crippen LogP contribution < -0.4 is 0 Å². The maximum absolute atomic E-state index is 12.3. The third-order valence-corrected chi connectivity index (χ3v) is 2.50. The Hall–Kier alpha value is -1.78. The van der Waals surface area contributed by atoms with Crippen LogP contribution in [0.15, 0.2) is 43.0 Å².